The van der Waals surface area contributed by atoms with Crippen molar-refractivity contribution in [1.29, 1.82) is 0 Å². The molecule has 2 rings (SSSR count). The molecule has 0 spiro atoms. The van der Waals surface area contributed by atoms with Gasteiger partial charge in [0.15, 0.2) is 0 Å². The van der Waals surface area contributed by atoms with Crippen molar-refractivity contribution >= 4 is 48.2 Å². The summed E-state index contributed by atoms with van der Waals surface area (Å²) in [4.78, 5) is 63.8. The molecule has 0 aliphatic carbocycles. The van der Waals surface area contributed by atoms with Crippen molar-refractivity contribution in [3.63, 3.8) is 0 Å². The first-order valence-electron chi connectivity index (χ1n) is 16.0. The first-order chi connectivity index (χ1) is 25.5. The molecule has 2 aromatic rings. The predicted molar refractivity (Wildman–Crippen MR) is 196 cm³/mol. The Hall–Kier alpha value is -4.73. The van der Waals surface area contributed by atoms with Crippen molar-refractivity contribution < 1.29 is 82.0 Å². The first kappa shape index (κ1) is 54.6. The Morgan fingerprint density at radius 1 is 0.509 bits per heavy atom. The number of amides is 1. The van der Waals surface area contributed by atoms with Gasteiger partial charge in [-0.1, -0.05) is 68.1 Å². The Balaban J connectivity index is -0.000000793. The molecule has 0 heterocycles. The highest BCUT2D eigenvalue weighted by Gasteiger charge is 2.07. The zero-order valence-corrected chi connectivity index (χ0v) is 30.4. The van der Waals surface area contributed by atoms with Crippen LogP contribution in [0.15, 0.2) is 60.7 Å². The molecule has 19 nitrogen and oxygen atoms in total. The smallest absolute Gasteiger partial charge is 0.329 e. The van der Waals surface area contributed by atoms with Crippen LogP contribution >= 0.6 is 12.4 Å². The van der Waals surface area contributed by atoms with Crippen LogP contribution in [0, 0.1) is 0 Å². The molecule has 0 fully saturated rings. The highest BCUT2D eigenvalue weighted by molar-refractivity contribution is 5.85. The van der Waals surface area contributed by atoms with Crippen molar-refractivity contribution in [3.8, 4) is 0 Å². The summed E-state index contributed by atoms with van der Waals surface area (Å²) in [7, 11) is 0. The molecule has 0 aliphatic heterocycles. The summed E-state index contributed by atoms with van der Waals surface area (Å²) in [6, 6.07) is 18.7. The van der Waals surface area contributed by atoms with E-state index in [0.29, 0.717) is 6.61 Å². The second kappa shape index (κ2) is 39.0. The summed E-state index contributed by atoms with van der Waals surface area (Å²) in [6.07, 6.45) is 0. The van der Waals surface area contributed by atoms with Crippen LogP contribution in [0.1, 0.15) is 18.6 Å². The molecular weight excluding hydrogens is 756 g/mol. The molecule has 55 heavy (non-hydrogen) atoms. The van der Waals surface area contributed by atoms with Gasteiger partial charge in [0, 0.05) is 0 Å². The van der Waals surface area contributed by atoms with Crippen molar-refractivity contribution in [2.45, 2.75) is 20.6 Å². The quantitative estimate of drug-likeness (QED) is 0.0620. The molecule has 0 saturated heterocycles. The van der Waals surface area contributed by atoms with Gasteiger partial charge >= 0.3 is 29.8 Å². The lowest BCUT2D eigenvalue weighted by Gasteiger charge is -2.08. The van der Waals surface area contributed by atoms with E-state index in [2.05, 4.69) is 14.8 Å². The van der Waals surface area contributed by atoms with Gasteiger partial charge in [0.1, 0.15) is 46.2 Å². The van der Waals surface area contributed by atoms with Gasteiger partial charge in [-0.3, -0.25) is 14.4 Å². The summed E-state index contributed by atoms with van der Waals surface area (Å²) >= 11 is 0. The van der Waals surface area contributed by atoms with Gasteiger partial charge in [0.2, 0.25) is 5.91 Å². The Labute approximate surface area is 325 Å². The van der Waals surface area contributed by atoms with Crippen LogP contribution in [0.5, 0.6) is 0 Å². The van der Waals surface area contributed by atoms with E-state index in [1.165, 1.54) is 0 Å². The molecule has 0 aromatic heterocycles. The Bertz CT molecular complexity index is 1270. The van der Waals surface area contributed by atoms with Crippen molar-refractivity contribution in [1.82, 2.24) is 5.32 Å². The van der Waals surface area contributed by atoms with Crippen LogP contribution in [0.3, 0.4) is 0 Å². The number of hydrogen-bond donors (Lipinski definition) is 5. The molecule has 6 N–H and O–H groups in total. The van der Waals surface area contributed by atoms with E-state index in [-0.39, 0.29) is 125 Å². The molecule has 0 unspecified atom stereocenters. The number of esters is 2. The van der Waals surface area contributed by atoms with Gasteiger partial charge < -0.3 is 64.3 Å². The van der Waals surface area contributed by atoms with Gasteiger partial charge in [-0.25, -0.2) is 14.4 Å². The van der Waals surface area contributed by atoms with E-state index in [4.69, 9.17) is 49.5 Å². The molecule has 0 saturated carbocycles. The van der Waals surface area contributed by atoms with Gasteiger partial charge in [0.05, 0.1) is 59.4 Å². The standard InChI is InChI=1S/C17H23NO8.C9H11NO2.C8H14O7.CH4.ClH/c19-15(12-24-8-6-23-7-9-25-13-16(20)21)18-10-17(22)26-11-14-4-2-1-3-5-14;10-6-9(11)12-7-8-4-2-1-3-5-8;9-7(10)5-14-3-1-13-2-4-15-6-8(11)12;;/h1-5H,6-13H2,(H,18,19)(H,20,21);1-5H,6-7,10H2;1-6H2,(H,9,10)(H,11,12);1H4;1H. The Morgan fingerprint density at radius 2 is 0.836 bits per heavy atom. The number of nitrogens with one attached hydrogen (secondary N) is 1. The van der Waals surface area contributed by atoms with Crippen LogP contribution in [0.2, 0.25) is 0 Å². The van der Waals surface area contributed by atoms with E-state index >= 15 is 0 Å². The summed E-state index contributed by atoms with van der Waals surface area (Å²) < 4.78 is 39.1. The number of carboxylic acid groups (broad SMARTS) is 3. The topological polar surface area (TPSA) is 275 Å². The Morgan fingerprint density at radius 3 is 1.18 bits per heavy atom. The lowest BCUT2D eigenvalue weighted by Crippen LogP contribution is -2.33. The van der Waals surface area contributed by atoms with Crippen LogP contribution in [-0.4, -0.2) is 143 Å². The summed E-state index contributed by atoms with van der Waals surface area (Å²) in [6.45, 7) is 0.595. The van der Waals surface area contributed by atoms with Crippen LogP contribution in [0.25, 0.3) is 0 Å². The number of carboxylic acids is 3. The minimum absolute atomic E-state index is 0. The van der Waals surface area contributed by atoms with Gasteiger partial charge in [-0.05, 0) is 11.1 Å². The number of carbonyl (C=O) groups is 6. The molecule has 2 aromatic carbocycles. The number of aliphatic carboxylic acids is 3. The van der Waals surface area contributed by atoms with Crippen LogP contribution < -0.4 is 11.1 Å². The zero-order chi connectivity index (χ0) is 39.4. The van der Waals surface area contributed by atoms with E-state index in [1.807, 2.05) is 60.7 Å². The lowest BCUT2D eigenvalue weighted by atomic mass is 10.2. The molecule has 20 heteroatoms. The van der Waals surface area contributed by atoms with Crippen molar-refractivity contribution in [3.05, 3.63) is 71.8 Å². The number of nitrogens with two attached hydrogens (primary N) is 1. The third-order valence-corrected chi connectivity index (χ3v) is 5.48. The second-order valence-corrected chi connectivity index (χ2v) is 9.89. The Kier molecular flexibility index (Phi) is 38.7. The lowest BCUT2D eigenvalue weighted by molar-refractivity contribution is -0.146. The van der Waals surface area contributed by atoms with E-state index in [0.717, 1.165) is 11.1 Å². The fraction of sp³-hybridized carbons (Fsp3) is 0.486. The predicted octanol–water partition coefficient (Wildman–Crippen LogP) is 0.932. The van der Waals surface area contributed by atoms with Gasteiger partial charge in [-0.15, -0.1) is 12.4 Å². The molecular formula is C35H53ClN2O17. The second-order valence-electron chi connectivity index (χ2n) is 9.89. The SMILES string of the molecule is C.Cl.NCC(=O)OCc1ccccc1.O=C(O)COCCOCCOCC(=O)NCC(=O)OCc1ccccc1.O=C(O)COCCOCCOCC(=O)O. The van der Waals surface area contributed by atoms with E-state index < -0.39 is 29.8 Å². The highest BCUT2D eigenvalue weighted by atomic mass is 35.5. The average Bonchev–Trinajstić information content (AvgIpc) is 3.15. The molecule has 0 radical (unpaired) electrons. The molecule has 0 atom stereocenters. The normalized spacial score (nSPS) is 9.69. The third kappa shape index (κ3) is 40.3. The maximum Gasteiger partial charge on any atom is 0.329 e. The van der Waals surface area contributed by atoms with Crippen molar-refractivity contribution in [2.75, 3.05) is 92.4 Å². The highest BCUT2D eigenvalue weighted by Crippen LogP contribution is 2.01. The van der Waals surface area contributed by atoms with Crippen LogP contribution in [-0.2, 0) is 79.9 Å². The monoisotopic (exact) mass is 808 g/mol. The largest absolute Gasteiger partial charge is 0.480 e. The maximum absolute atomic E-state index is 11.5. The summed E-state index contributed by atoms with van der Waals surface area (Å²) in [5.74, 6) is -4.44. The van der Waals surface area contributed by atoms with Gasteiger partial charge in [-0.2, -0.15) is 0 Å². The molecule has 0 bridgehead atoms. The number of ether oxygens (including phenoxy) is 8. The number of rotatable bonds is 27. The maximum atomic E-state index is 11.5. The minimum atomic E-state index is -1.04. The summed E-state index contributed by atoms with van der Waals surface area (Å²) in [5, 5.41) is 27.1. The summed E-state index contributed by atoms with van der Waals surface area (Å²) in [5.41, 5.74) is 6.90. The van der Waals surface area contributed by atoms with Crippen LogP contribution in [0.4, 0.5) is 0 Å². The fourth-order valence-corrected chi connectivity index (χ4v) is 3.13. The van der Waals surface area contributed by atoms with Gasteiger partial charge in [0.25, 0.3) is 0 Å². The molecule has 1 amide bonds. The molecule has 312 valence electrons. The molecule has 0 aliphatic rings. The number of carbonyl (C=O) groups excluding carboxylic acids is 3. The third-order valence-electron chi connectivity index (χ3n) is 5.48. The van der Waals surface area contributed by atoms with E-state index in [9.17, 15) is 28.8 Å². The fourth-order valence-electron chi connectivity index (χ4n) is 3.13. The van der Waals surface area contributed by atoms with Crippen molar-refractivity contribution in [2.24, 2.45) is 5.73 Å². The minimum Gasteiger partial charge on any atom is -0.480 e. The zero-order valence-electron chi connectivity index (χ0n) is 29.6. The number of hydrogen-bond acceptors (Lipinski definition) is 15. The average molecular weight is 809 g/mol. The number of halogens is 1. The van der Waals surface area contributed by atoms with E-state index in [1.54, 1.807) is 0 Å². The number of benzene rings is 2. The first-order valence-corrected chi connectivity index (χ1v) is 16.0.